The van der Waals surface area contributed by atoms with Gasteiger partial charge in [0.15, 0.2) is 0 Å². The van der Waals surface area contributed by atoms with Crippen LogP contribution in [0, 0.1) is 5.82 Å². The summed E-state index contributed by atoms with van der Waals surface area (Å²) in [5.41, 5.74) is 1.66. The number of carbonyl (C=O) groups is 1. The zero-order valence-electron chi connectivity index (χ0n) is 13.4. The summed E-state index contributed by atoms with van der Waals surface area (Å²) in [6, 6.07) is 15.0. The molecule has 0 aliphatic carbocycles. The minimum absolute atomic E-state index is 0.159. The Labute approximate surface area is 149 Å². The molecule has 1 heterocycles. The van der Waals surface area contributed by atoms with E-state index in [1.54, 1.807) is 0 Å². The number of nitrogens with zero attached hydrogens (tertiary/aromatic N) is 2. The van der Waals surface area contributed by atoms with E-state index in [4.69, 9.17) is 11.6 Å². The van der Waals surface area contributed by atoms with E-state index in [1.807, 2.05) is 37.3 Å². The Morgan fingerprint density at radius 1 is 1.12 bits per heavy atom. The van der Waals surface area contributed by atoms with Crippen LogP contribution in [-0.2, 0) is 0 Å². The van der Waals surface area contributed by atoms with Gasteiger partial charge >= 0.3 is 0 Å². The fourth-order valence-corrected chi connectivity index (χ4v) is 2.59. The average molecular weight is 356 g/mol. The highest BCUT2D eigenvalue weighted by Gasteiger charge is 2.15. The van der Waals surface area contributed by atoms with Crippen molar-refractivity contribution in [3.63, 3.8) is 0 Å². The second-order valence-corrected chi connectivity index (χ2v) is 5.95. The molecule has 1 atom stereocenters. The number of benzene rings is 2. The second kappa shape index (κ2) is 7.40. The third kappa shape index (κ3) is 4.00. The van der Waals surface area contributed by atoms with Crippen LogP contribution in [-0.4, -0.2) is 15.9 Å². The van der Waals surface area contributed by atoms with E-state index in [0.29, 0.717) is 10.7 Å². The lowest BCUT2D eigenvalue weighted by Crippen LogP contribution is -2.27. The summed E-state index contributed by atoms with van der Waals surface area (Å²) in [7, 11) is 0. The number of aromatic nitrogens is 2. The van der Waals surface area contributed by atoms with Gasteiger partial charge in [-0.15, -0.1) is 0 Å². The molecule has 0 fully saturated rings. The molecule has 0 bridgehead atoms. The van der Waals surface area contributed by atoms with Crippen molar-refractivity contribution in [2.75, 3.05) is 0 Å². The second-order valence-electron chi connectivity index (χ2n) is 5.52. The van der Waals surface area contributed by atoms with Gasteiger partial charge < -0.3 is 5.32 Å². The summed E-state index contributed by atoms with van der Waals surface area (Å²) in [6.45, 7) is 1.88. The Bertz CT molecular complexity index is 902. The number of hydrogen-bond donors (Lipinski definition) is 1. The lowest BCUT2D eigenvalue weighted by Gasteiger charge is -2.14. The molecule has 4 nitrogen and oxygen atoms in total. The fourth-order valence-electron chi connectivity index (χ4n) is 2.42. The fraction of sp³-hybridized carbons (Fsp3) is 0.105. The van der Waals surface area contributed by atoms with Crippen molar-refractivity contribution in [2.45, 2.75) is 13.0 Å². The Kier molecular flexibility index (Phi) is 5.05. The van der Waals surface area contributed by atoms with Crippen LogP contribution >= 0.6 is 11.6 Å². The Hall–Kier alpha value is -2.79. The number of nitrogens with one attached hydrogen (secondary N) is 1. The van der Waals surface area contributed by atoms with Crippen LogP contribution in [0.1, 0.15) is 29.0 Å². The molecule has 2 aromatic carbocycles. The monoisotopic (exact) mass is 355 g/mol. The molecule has 1 aromatic heterocycles. The number of carbonyl (C=O) groups excluding carboxylic acids is 1. The lowest BCUT2D eigenvalue weighted by molar-refractivity contribution is 0.0934. The van der Waals surface area contributed by atoms with Gasteiger partial charge in [-0.25, -0.2) is 14.4 Å². The SMILES string of the molecule is C[C@H](NC(=O)c1cc(-c2cc(Cl)ccc2F)ncn1)c1ccccc1. The molecule has 6 heteroatoms. The molecule has 0 saturated carbocycles. The minimum Gasteiger partial charge on any atom is -0.344 e. The molecule has 0 aliphatic heterocycles. The lowest BCUT2D eigenvalue weighted by atomic mass is 10.1. The molecule has 0 spiro atoms. The number of amides is 1. The smallest absolute Gasteiger partial charge is 0.270 e. The zero-order chi connectivity index (χ0) is 17.8. The first kappa shape index (κ1) is 17.0. The van der Waals surface area contributed by atoms with Crippen molar-refractivity contribution in [2.24, 2.45) is 0 Å². The van der Waals surface area contributed by atoms with Crippen LogP contribution < -0.4 is 5.32 Å². The summed E-state index contributed by atoms with van der Waals surface area (Å²) in [5, 5.41) is 3.26. The molecule has 25 heavy (non-hydrogen) atoms. The predicted molar refractivity (Wildman–Crippen MR) is 94.8 cm³/mol. The quantitative estimate of drug-likeness (QED) is 0.753. The number of halogens is 2. The van der Waals surface area contributed by atoms with Crippen molar-refractivity contribution in [3.8, 4) is 11.3 Å². The van der Waals surface area contributed by atoms with Crippen molar-refractivity contribution >= 4 is 17.5 Å². The van der Waals surface area contributed by atoms with Crippen LogP contribution in [0.3, 0.4) is 0 Å². The summed E-state index contributed by atoms with van der Waals surface area (Å²) in [6.07, 6.45) is 1.23. The van der Waals surface area contributed by atoms with Crippen molar-refractivity contribution in [1.29, 1.82) is 0 Å². The molecular formula is C19H15ClFN3O. The van der Waals surface area contributed by atoms with Crippen LogP contribution in [0.15, 0.2) is 60.9 Å². The van der Waals surface area contributed by atoms with E-state index < -0.39 is 5.82 Å². The summed E-state index contributed by atoms with van der Waals surface area (Å²) < 4.78 is 14.0. The van der Waals surface area contributed by atoms with Gasteiger partial charge in [-0.3, -0.25) is 4.79 Å². The van der Waals surface area contributed by atoms with Crippen molar-refractivity contribution < 1.29 is 9.18 Å². The minimum atomic E-state index is -0.466. The third-order valence-corrected chi connectivity index (χ3v) is 3.99. The Morgan fingerprint density at radius 2 is 1.88 bits per heavy atom. The van der Waals surface area contributed by atoms with Gasteiger partial charge in [0, 0.05) is 10.6 Å². The molecule has 0 aliphatic rings. The predicted octanol–water partition coefficient (Wildman–Crippen LogP) is 4.43. The zero-order valence-corrected chi connectivity index (χ0v) is 14.2. The van der Waals surface area contributed by atoms with Gasteiger partial charge in [-0.2, -0.15) is 0 Å². The largest absolute Gasteiger partial charge is 0.344 e. The normalized spacial score (nSPS) is 11.8. The molecule has 0 radical (unpaired) electrons. The maximum atomic E-state index is 14.0. The molecule has 126 valence electrons. The van der Waals surface area contributed by atoms with E-state index >= 15 is 0 Å². The third-order valence-electron chi connectivity index (χ3n) is 3.75. The van der Waals surface area contributed by atoms with E-state index in [1.165, 1.54) is 30.6 Å². The first-order valence-corrected chi connectivity index (χ1v) is 8.05. The summed E-state index contributed by atoms with van der Waals surface area (Å²) in [5.74, 6) is -0.824. The van der Waals surface area contributed by atoms with Gasteiger partial charge in [0.1, 0.15) is 17.8 Å². The Balaban J connectivity index is 1.84. The molecule has 0 saturated heterocycles. The van der Waals surface area contributed by atoms with Crippen molar-refractivity contribution in [1.82, 2.24) is 15.3 Å². The van der Waals surface area contributed by atoms with Gasteiger partial charge in [-0.1, -0.05) is 41.9 Å². The summed E-state index contributed by atoms with van der Waals surface area (Å²) in [4.78, 5) is 20.5. The number of rotatable bonds is 4. The molecule has 1 N–H and O–H groups in total. The van der Waals surface area contributed by atoms with E-state index in [2.05, 4.69) is 15.3 Å². The van der Waals surface area contributed by atoms with Crippen LogP contribution in [0.25, 0.3) is 11.3 Å². The average Bonchev–Trinajstić information content (AvgIpc) is 2.64. The molecule has 1 amide bonds. The Morgan fingerprint density at radius 3 is 2.64 bits per heavy atom. The van der Waals surface area contributed by atoms with E-state index in [-0.39, 0.29) is 23.2 Å². The van der Waals surface area contributed by atoms with E-state index in [0.717, 1.165) is 5.56 Å². The van der Waals surface area contributed by atoms with E-state index in [9.17, 15) is 9.18 Å². The maximum absolute atomic E-state index is 14.0. The van der Waals surface area contributed by atoms with Crippen LogP contribution in [0.5, 0.6) is 0 Å². The highest BCUT2D eigenvalue weighted by atomic mass is 35.5. The topological polar surface area (TPSA) is 54.9 Å². The standard InChI is InChI=1S/C19H15ClFN3O/c1-12(13-5-3-2-4-6-13)24-19(25)18-10-17(22-11-23-18)15-9-14(20)7-8-16(15)21/h2-12H,1H3,(H,24,25)/t12-/m0/s1. The van der Waals surface area contributed by atoms with Crippen molar-refractivity contribution in [3.05, 3.63) is 83.0 Å². The summed E-state index contributed by atoms with van der Waals surface area (Å²) >= 11 is 5.92. The molecule has 3 aromatic rings. The highest BCUT2D eigenvalue weighted by Crippen LogP contribution is 2.24. The number of hydrogen-bond acceptors (Lipinski definition) is 3. The van der Waals surface area contributed by atoms with Gasteiger partial charge in [0.25, 0.3) is 5.91 Å². The molecular weight excluding hydrogens is 341 g/mol. The first-order valence-electron chi connectivity index (χ1n) is 7.68. The van der Waals surface area contributed by atoms with Crippen LogP contribution in [0.4, 0.5) is 4.39 Å². The van der Waals surface area contributed by atoms with Gasteiger partial charge in [0.05, 0.1) is 11.7 Å². The first-order chi connectivity index (χ1) is 12.0. The van der Waals surface area contributed by atoms with Gasteiger partial charge in [-0.05, 0) is 36.8 Å². The van der Waals surface area contributed by atoms with Crippen LogP contribution in [0.2, 0.25) is 5.02 Å². The van der Waals surface area contributed by atoms with Gasteiger partial charge in [0.2, 0.25) is 0 Å². The molecule has 3 rings (SSSR count). The molecule has 0 unspecified atom stereocenters. The maximum Gasteiger partial charge on any atom is 0.270 e. The highest BCUT2D eigenvalue weighted by molar-refractivity contribution is 6.30.